The number of amides is 1. The molecule has 1 aliphatic rings. The highest BCUT2D eigenvalue weighted by atomic mass is 16.3. The molecular weight excluding hydrogens is 342 g/mol. The summed E-state index contributed by atoms with van der Waals surface area (Å²) in [5.41, 5.74) is 0.596. The number of nitrogens with zero attached hydrogens (tertiary/aromatic N) is 4. The smallest absolute Gasteiger partial charge is 0.251 e. The Balaban J connectivity index is 1.37. The monoisotopic (exact) mass is 363 g/mol. The first-order valence-corrected chi connectivity index (χ1v) is 8.97. The third-order valence-electron chi connectivity index (χ3n) is 4.59. The van der Waals surface area contributed by atoms with Crippen LogP contribution in [0.2, 0.25) is 0 Å². The van der Waals surface area contributed by atoms with Crippen LogP contribution in [0, 0.1) is 0 Å². The Bertz CT molecular complexity index is 874. The fourth-order valence-corrected chi connectivity index (χ4v) is 3.12. The van der Waals surface area contributed by atoms with E-state index in [9.17, 15) is 4.79 Å². The molecule has 27 heavy (non-hydrogen) atoms. The molecule has 1 N–H and O–H groups in total. The van der Waals surface area contributed by atoms with Gasteiger partial charge in [0.1, 0.15) is 17.4 Å². The van der Waals surface area contributed by atoms with Crippen molar-refractivity contribution in [2.75, 3.05) is 36.0 Å². The number of carbonyl (C=O) groups excluding carboxylic acids is 1. The Morgan fingerprint density at radius 1 is 0.963 bits per heavy atom. The van der Waals surface area contributed by atoms with E-state index in [0.29, 0.717) is 12.1 Å². The largest absolute Gasteiger partial charge is 0.467 e. The summed E-state index contributed by atoms with van der Waals surface area (Å²) < 4.78 is 5.24. The van der Waals surface area contributed by atoms with E-state index in [2.05, 4.69) is 25.1 Å². The van der Waals surface area contributed by atoms with Gasteiger partial charge in [-0.05, 0) is 36.4 Å². The molecule has 1 saturated heterocycles. The van der Waals surface area contributed by atoms with Crippen molar-refractivity contribution in [1.29, 1.82) is 0 Å². The molecule has 0 aromatic carbocycles. The number of rotatable bonds is 5. The maximum absolute atomic E-state index is 12.4. The molecule has 0 saturated carbocycles. The second-order valence-electron chi connectivity index (χ2n) is 6.33. The molecule has 1 fully saturated rings. The molecule has 0 spiro atoms. The van der Waals surface area contributed by atoms with Crippen molar-refractivity contribution < 1.29 is 9.21 Å². The summed E-state index contributed by atoms with van der Waals surface area (Å²) in [4.78, 5) is 25.7. The van der Waals surface area contributed by atoms with Gasteiger partial charge in [-0.25, -0.2) is 9.97 Å². The lowest BCUT2D eigenvalue weighted by Gasteiger charge is -2.36. The highest BCUT2D eigenvalue weighted by molar-refractivity contribution is 5.94. The van der Waals surface area contributed by atoms with E-state index in [-0.39, 0.29) is 5.91 Å². The third kappa shape index (κ3) is 4.08. The summed E-state index contributed by atoms with van der Waals surface area (Å²) in [5, 5.41) is 2.86. The second kappa shape index (κ2) is 7.90. The lowest BCUT2D eigenvalue weighted by atomic mass is 10.2. The van der Waals surface area contributed by atoms with Crippen LogP contribution in [0.4, 0.5) is 11.6 Å². The van der Waals surface area contributed by atoms with Crippen LogP contribution in [0.15, 0.2) is 65.5 Å². The molecule has 0 aliphatic carbocycles. The highest BCUT2D eigenvalue weighted by Gasteiger charge is 2.19. The predicted molar refractivity (Wildman–Crippen MR) is 103 cm³/mol. The molecule has 138 valence electrons. The van der Waals surface area contributed by atoms with Crippen molar-refractivity contribution in [2.24, 2.45) is 0 Å². The summed E-state index contributed by atoms with van der Waals surface area (Å²) in [6.45, 7) is 3.77. The molecule has 3 aromatic rings. The Kier molecular flexibility index (Phi) is 5.00. The van der Waals surface area contributed by atoms with E-state index in [0.717, 1.165) is 43.6 Å². The number of hydrogen-bond donors (Lipinski definition) is 1. The fraction of sp³-hybridized carbons (Fsp3) is 0.250. The van der Waals surface area contributed by atoms with E-state index in [1.807, 2.05) is 36.5 Å². The van der Waals surface area contributed by atoms with Crippen molar-refractivity contribution in [3.8, 4) is 0 Å². The molecule has 1 aliphatic heterocycles. The first kappa shape index (κ1) is 17.1. The van der Waals surface area contributed by atoms with Gasteiger partial charge in [-0.2, -0.15) is 0 Å². The quantitative estimate of drug-likeness (QED) is 0.750. The summed E-state index contributed by atoms with van der Waals surface area (Å²) >= 11 is 0. The van der Waals surface area contributed by atoms with Gasteiger partial charge in [-0.3, -0.25) is 4.79 Å². The van der Waals surface area contributed by atoms with Crippen LogP contribution < -0.4 is 15.1 Å². The minimum atomic E-state index is -0.137. The molecule has 7 nitrogen and oxygen atoms in total. The molecule has 0 unspecified atom stereocenters. The predicted octanol–water partition coefficient (Wildman–Crippen LogP) is 2.33. The summed E-state index contributed by atoms with van der Waals surface area (Å²) in [5.74, 6) is 2.41. The Morgan fingerprint density at radius 3 is 2.44 bits per heavy atom. The van der Waals surface area contributed by atoms with Crippen LogP contribution in [0.5, 0.6) is 0 Å². The van der Waals surface area contributed by atoms with E-state index in [4.69, 9.17) is 4.42 Å². The van der Waals surface area contributed by atoms with Crippen molar-refractivity contribution in [3.05, 3.63) is 72.4 Å². The lowest BCUT2D eigenvalue weighted by molar-refractivity contribution is 0.0948. The first-order valence-electron chi connectivity index (χ1n) is 8.97. The van der Waals surface area contributed by atoms with Gasteiger partial charge in [0.25, 0.3) is 5.91 Å². The van der Waals surface area contributed by atoms with Crippen LogP contribution in [-0.4, -0.2) is 42.1 Å². The van der Waals surface area contributed by atoms with Gasteiger partial charge in [0.15, 0.2) is 0 Å². The Hall–Kier alpha value is -3.35. The summed E-state index contributed by atoms with van der Waals surface area (Å²) in [7, 11) is 0. The molecule has 0 bridgehead atoms. The van der Waals surface area contributed by atoms with E-state index in [1.165, 1.54) is 0 Å². The maximum Gasteiger partial charge on any atom is 0.251 e. The van der Waals surface area contributed by atoms with E-state index < -0.39 is 0 Å². The molecule has 4 rings (SSSR count). The molecule has 1 amide bonds. The van der Waals surface area contributed by atoms with Crippen LogP contribution >= 0.6 is 0 Å². The normalized spacial score (nSPS) is 14.2. The zero-order valence-corrected chi connectivity index (χ0v) is 14.9. The average molecular weight is 363 g/mol. The van der Waals surface area contributed by atoms with Gasteiger partial charge in [-0.15, -0.1) is 0 Å². The number of anilines is 2. The Labute approximate surface area is 157 Å². The third-order valence-corrected chi connectivity index (χ3v) is 4.59. The minimum Gasteiger partial charge on any atom is -0.467 e. The number of piperazine rings is 1. The van der Waals surface area contributed by atoms with Gasteiger partial charge in [0.2, 0.25) is 0 Å². The fourth-order valence-electron chi connectivity index (χ4n) is 3.12. The summed E-state index contributed by atoms with van der Waals surface area (Å²) in [6.07, 6.45) is 5.09. The number of nitrogens with one attached hydrogen (secondary N) is 1. The van der Waals surface area contributed by atoms with Crippen LogP contribution in [0.25, 0.3) is 0 Å². The van der Waals surface area contributed by atoms with Crippen LogP contribution in [0.3, 0.4) is 0 Å². The lowest BCUT2D eigenvalue weighted by Crippen LogP contribution is -2.47. The number of pyridine rings is 2. The maximum atomic E-state index is 12.4. The topological polar surface area (TPSA) is 74.5 Å². The first-order chi connectivity index (χ1) is 13.3. The molecular formula is C20H21N5O2. The van der Waals surface area contributed by atoms with Crippen LogP contribution in [0.1, 0.15) is 16.1 Å². The van der Waals surface area contributed by atoms with Gasteiger partial charge in [0.05, 0.1) is 12.8 Å². The van der Waals surface area contributed by atoms with Gasteiger partial charge >= 0.3 is 0 Å². The summed E-state index contributed by atoms with van der Waals surface area (Å²) in [6, 6.07) is 13.2. The highest BCUT2D eigenvalue weighted by Crippen LogP contribution is 2.18. The zero-order chi connectivity index (χ0) is 18.5. The number of furan rings is 1. The standard InChI is InChI=1S/C20H21N5O2/c26-20(23-15-17-4-3-13-27-17)16-6-8-22-19(14-16)25-11-9-24(10-12-25)18-5-1-2-7-21-18/h1-8,13-14H,9-12,15H2,(H,23,26). The molecule has 4 heterocycles. The van der Waals surface area contributed by atoms with Crippen molar-refractivity contribution in [3.63, 3.8) is 0 Å². The minimum absolute atomic E-state index is 0.137. The van der Waals surface area contributed by atoms with Crippen molar-refractivity contribution in [1.82, 2.24) is 15.3 Å². The van der Waals surface area contributed by atoms with Crippen LogP contribution in [-0.2, 0) is 6.54 Å². The number of hydrogen-bond acceptors (Lipinski definition) is 6. The molecule has 0 atom stereocenters. The second-order valence-corrected chi connectivity index (χ2v) is 6.33. The van der Waals surface area contributed by atoms with E-state index >= 15 is 0 Å². The zero-order valence-electron chi connectivity index (χ0n) is 14.9. The number of carbonyl (C=O) groups is 1. The van der Waals surface area contributed by atoms with E-state index in [1.54, 1.807) is 24.6 Å². The average Bonchev–Trinajstić information content (AvgIpc) is 3.27. The van der Waals surface area contributed by atoms with Gasteiger partial charge in [-0.1, -0.05) is 6.07 Å². The van der Waals surface area contributed by atoms with Crippen molar-refractivity contribution in [2.45, 2.75) is 6.54 Å². The molecule has 7 heteroatoms. The molecule has 0 radical (unpaired) electrons. The SMILES string of the molecule is O=C(NCc1ccco1)c1ccnc(N2CCN(c3ccccn3)CC2)c1. The Morgan fingerprint density at radius 2 is 1.74 bits per heavy atom. The van der Waals surface area contributed by atoms with Gasteiger partial charge < -0.3 is 19.5 Å². The van der Waals surface area contributed by atoms with Crippen molar-refractivity contribution >= 4 is 17.5 Å². The van der Waals surface area contributed by atoms with Gasteiger partial charge in [0, 0.05) is 44.1 Å². The molecule has 3 aromatic heterocycles. The number of aromatic nitrogens is 2.